The standard InChI is InChI=1S/C22H25N3O3/c26-21(23-22(13-6-14-22)18-7-2-1-3-8-18)17-11-15-24(16-12-17)19-9-4-5-10-20(19)25(27)28/h1-5,7-10,17H,6,11-16H2,(H,23,26). The van der Waals surface area contributed by atoms with Crippen molar-refractivity contribution in [1.82, 2.24) is 5.32 Å². The number of rotatable bonds is 5. The zero-order valence-corrected chi connectivity index (χ0v) is 15.8. The normalized spacial score (nSPS) is 18.9. The van der Waals surface area contributed by atoms with Crippen LogP contribution in [0.3, 0.4) is 0 Å². The first kappa shape index (κ1) is 18.5. The summed E-state index contributed by atoms with van der Waals surface area (Å²) in [7, 11) is 0. The molecule has 1 heterocycles. The van der Waals surface area contributed by atoms with Gasteiger partial charge in [-0.05, 0) is 43.7 Å². The van der Waals surface area contributed by atoms with E-state index in [1.165, 1.54) is 11.6 Å². The van der Waals surface area contributed by atoms with Crippen molar-refractivity contribution in [2.75, 3.05) is 18.0 Å². The number of hydrogen-bond acceptors (Lipinski definition) is 4. The summed E-state index contributed by atoms with van der Waals surface area (Å²) in [6.07, 6.45) is 4.52. The number of anilines is 1. The van der Waals surface area contributed by atoms with Crippen LogP contribution in [0.5, 0.6) is 0 Å². The van der Waals surface area contributed by atoms with Gasteiger partial charge in [0, 0.05) is 25.1 Å². The molecule has 2 fully saturated rings. The van der Waals surface area contributed by atoms with Crippen LogP contribution in [0.2, 0.25) is 0 Å². The summed E-state index contributed by atoms with van der Waals surface area (Å²) in [6.45, 7) is 1.31. The number of carbonyl (C=O) groups is 1. The van der Waals surface area contributed by atoms with Crippen molar-refractivity contribution < 1.29 is 9.72 Å². The van der Waals surface area contributed by atoms with E-state index in [0.717, 1.165) is 19.3 Å². The second kappa shape index (κ2) is 7.62. The van der Waals surface area contributed by atoms with Crippen molar-refractivity contribution in [2.24, 2.45) is 5.92 Å². The van der Waals surface area contributed by atoms with Gasteiger partial charge >= 0.3 is 0 Å². The maximum atomic E-state index is 13.0. The van der Waals surface area contributed by atoms with Crippen LogP contribution >= 0.6 is 0 Å². The van der Waals surface area contributed by atoms with Gasteiger partial charge in [0.15, 0.2) is 0 Å². The van der Waals surface area contributed by atoms with E-state index in [1.807, 2.05) is 29.2 Å². The second-order valence-electron chi connectivity index (χ2n) is 7.80. The average Bonchev–Trinajstić information content (AvgIpc) is 2.71. The molecule has 2 aliphatic rings. The highest BCUT2D eigenvalue weighted by Crippen LogP contribution is 2.41. The second-order valence-corrected chi connectivity index (χ2v) is 7.80. The quantitative estimate of drug-likeness (QED) is 0.629. The number of amides is 1. The van der Waals surface area contributed by atoms with Gasteiger partial charge in [-0.15, -0.1) is 0 Å². The molecule has 1 amide bonds. The molecule has 4 rings (SSSR count). The maximum Gasteiger partial charge on any atom is 0.292 e. The molecular formula is C22H25N3O3. The van der Waals surface area contributed by atoms with Crippen LogP contribution in [0.1, 0.15) is 37.7 Å². The third-order valence-electron chi connectivity index (χ3n) is 6.18. The Morgan fingerprint density at radius 2 is 1.68 bits per heavy atom. The molecule has 0 aromatic heterocycles. The van der Waals surface area contributed by atoms with E-state index in [4.69, 9.17) is 0 Å². The van der Waals surface area contributed by atoms with Gasteiger partial charge in [-0.3, -0.25) is 14.9 Å². The fraction of sp³-hybridized carbons (Fsp3) is 0.409. The summed E-state index contributed by atoms with van der Waals surface area (Å²) in [5, 5.41) is 14.6. The molecule has 1 aliphatic heterocycles. The van der Waals surface area contributed by atoms with E-state index < -0.39 is 0 Å². The molecule has 6 nitrogen and oxygen atoms in total. The van der Waals surface area contributed by atoms with E-state index in [2.05, 4.69) is 17.4 Å². The lowest BCUT2D eigenvalue weighted by Gasteiger charge is -2.44. The predicted octanol–water partition coefficient (Wildman–Crippen LogP) is 4.01. The van der Waals surface area contributed by atoms with Gasteiger partial charge in [0.1, 0.15) is 5.69 Å². The molecule has 1 aliphatic carbocycles. The number of piperidine rings is 1. The van der Waals surface area contributed by atoms with Gasteiger partial charge in [-0.25, -0.2) is 0 Å². The number of hydrogen-bond donors (Lipinski definition) is 1. The zero-order valence-electron chi connectivity index (χ0n) is 15.8. The van der Waals surface area contributed by atoms with E-state index in [1.54, 1.807) is 12.1 Å². The number of nitro groups is 1. The molecule has 28 heavy (non-hydrogen) atoms. The maximum absolute atomic E-state index is 13.0. The average molecular weight is 379 g/mol. The van der Waals surface area contributed by atoms with Crippen LogP contribution in [0, 0.1) is 16.0 Å². The number of nitrogens with one attached hydrogen (secondary N) is 1. The SMILES string of the molecule is O=C(NC1(c2ccccc2)CCC1)C1CCN(c2ccccc2[N+](=O)[O-])CC1. The van der Waals surface area contributed by atoms with Crippen LogP contribution in [-0.2, 0) is 10.3 Å². The highest BCUT2D eigenvalue weighted by Gasteiger charge is 2.41. The fourth-order valence-corrected chi connectivity index (χ4v) is 4.38. The molecule has 2 aromatic carbocycles. The van der Waals surface area contributed by atoms with Gasteiger partial charge in [0.25, 0.3) is 5.69 Å². The van der Waals surface area contributed by atoms with E-state index in [-0.39, 0.29) is 28.0 Å². The summed E-state index contributed by atoms with van der Waals surface area (Å²) < 4.78 is 0. The third-order valence-corrected chi connectivity index (χ3v) is 6.18. The van der Waals surface area contributed by atoms with Crippen molar-refractivity contribution >= 4 is 17.3 Å². The Kier molecular flexibility index (Phi) is 5.03. The third kappa shape index (κ3) is 3.46. The van der Waals surface area contributed by atoms with Crippen molar-refractivity contribution in [3.63, 3.8) is 0 Å². The number of nitrogens with zero attached hydrogens (tertiary/aromatic N) is 2. The lowest BCUT2D eigenvalue weighted by molar-refractivity contribution is -0.384. The number of para-hydroxylation sites is 2. The van der Waals surface area contributed by atoms with Crippen LogP contribution in [-0.4, -0.2) is 23.9 Å². The number of benzene rings is 2. The van der Waals surface area contributed by atoms with Crippen molar-refractivity contribution in [3.8, 4) is 0 Å². The smallest absolute Gasteiger partial charge is 0.292 e. The minimum absolute atomic E-state index is 0.0415. The molecule has 1 N–H and O–H groups in total. The minimum Gasteiger partial charge on any atom is -0.366 e. The lowest BCUT2D eigenvalue weighted by atomic mass is 9.71. The molecule has 0 bridgehead atoms. The summed E-state index contributed by atoms with van der Waals surface area (Å²) in [5.41, 5.74) is 1.74. The van der Waals surface area contributed by atoms with Crippen LogP contribution in [0.4, 0.5) is 11.4 Å². The Morgan fingerprint density at radius 3 is 2.29 bits per heavy atom. The van der Waals surface area contributed by atoms with Gasteiger partial charge in [0.05, 0.1) is 10.5 Å². The molecule has 6 heteroatoms. The van der Waals surface area contributed by atoms with Gasteiger partial charge in [-0.1, -0.05) is 42.5 Å². The molecule has 0 spiro atoms. The molecule has 2 aromatic rings. The molecule has 0 radical (unpaired) electrons. The monoisotopic (exact) mass is 379 g/mol. The molecule has 0 atom stereocenters. The lowest BCUT2D eigenvalue weighted by Crippen LogP contribution is -2.53. The fourth-order valence-electron chi connectivity index (χ4n) is 4.38. The van der Waals surface area contributed by atoms with Crippen LogP contribution in [0.15, 0.2) is 54.6 Å². The number of nitro benzene ring substituents is 1. The topological polar surface area (TPSA) is 75.5 Å². The molecule has 1 saturated carbocycles. The zero-order chi connectivity index (χ0) is 19.6. The van der Waals surface area contributed by atoms with Crippen LogP contribution in [0.25, 0.3) is 0 Å². The Hall–Kier alpha value is -2.89. The van der Waals surface area contributed by atoms with E-state index in [9.17, 15) is 14.9 Å². The molecule has 146 valence electrons. The summed E-state index contributed by atoms with van der Waals surface area (Å²) in [6, 6.07) is 17.1. The molecular weight excluding hydrogens is 354 g/mol. The van der Waals surface area contributed by atoms with Crippen molar-refractivity contribution in [3.05, 3.63) is 70.3 Å². The Labute approximate surface area is 164 Å². The highest BCUT2D eigenvalue weighted by molar-refractivity contribution is 5.80. The largest absolute Gasteiger partial charge is 0.366 e. The number of carbonyl (C=O) groups excluding carboxylic acids is 1. The molecule has 1 saturated heterocycles. The van der Waals surface area contributed by atoms with Gasteiger partial charge in [-0.2, -0.15) is 0 Å². The predicted molar refractivity (Wildman–Crippen MR) is 108 cm³/mol. The van der Waals surface area contributed by atoms with Gasteiger partial charge in [0.2, 0.25) is 5.91 Å². The minimum atomic E-state index is -0.339. The Balaban J connectivity index is 1.40. The highest BCUT2D eigenvalue weighted by atomic mass is 16.6. The van der Waals surface area contributed by atoms with E-state index >= 15 is 0 Å². The van der Waals surface area contributed by atoms with Gasteiger partial charge < -0.3 is 10.2 Å². The first-order valence-electron chi connectivity index (χ1n) is 9.95. The van der Waals surface area contributed by atoms with Crippen molar-refractivity contribution in [2.45, 2.75) is 37.6 Å². The summed E-state index contributed by atoms with van der Waals surface area (Å²) in [5.74, 6) is 0.0750. The summed E-state index contributed by atoms with van der Waals surface area (Å²) >= 11 is 0. The Morgan fingerprint density at radius 1 is 1.04 bits per heavy atom. The summed E-state index contributed by atoms with van der Waals surface area (Å²) in [4.78, 5) is 25.9. The molecule has 0 unspecified atom stereocenters. The Bertz CT molecular complexity index is 856. The van der Waals surface area contributed by atoms with Crippen LogP contribution < -0.4 is 10.2 Å². The van der Waals surface area contributed by atoms with E-state index in [0.29, 0.717) is 31.6 Å². The van der Waals surface area contributed by atoms with Crippen molar-refractivity contribution in [1.29, 1.82) is 0 Å². The first-order chi connectivity index (χ1) is 13.6. The first-order valence-corrected chi connectivity index (χ1v) is 9.95.